The average Bonchev–Trinajstić information content (AvgIpc) is 3.22. The number of alkyl halides is 2. The number of hydrogen-bond acceptors (Lipinski definition) is 4. The third-order valence-corrected chi connectivity index (χ3v) is 6.16. The largest absolute Gasteiger partial charge is 0.435 e. The molecule has 1 aromatic heterocycles. The van der Waals surface area contributed by atoms with Gasteiger partial charge in [-0.05, 0) is 46.7 Å². The van der Waals surface area contributed by atoms with Crippen molar-refractivity contribution in [3.8, 4) is 5.75 Å². The molecule has 1 aliphatic heterocycles. The molecule has 0 bridgehead atoms. The van der Waals surface area contributed by atoms with Gasteiger partial charge in [0.2, 0.25) is 5.91 Å². The zero-order valence-corrected chi connectivity index (χ0v) is 17.1. The summed E-state index contributed by atoms with van der Waals surface area (Å²) < 4.78 is 28.8. The first-order chi connectivity index (χ1) is 14.6. The van der Waals surface area contributed by atoms with E-state index >= 15 is 0 Å². The third kappa shape index (κ3) is 4.86. The van der Waals surface area contributed by atoms with Gasteiger partial charge in [-0.25, -0.2) is 0 Å². The van der Waals surface area contributed by atoms with Crippen molar-refractivity contribution in [2.24, 2.45) is 0 Å². The number of rotatable bonds is 7. The van der Waals surface area contributed by atoms with Gasteiger partial charge in [-0.1, -0.05) is 42.5 Å². The van der Waals surface area contributed by atoms with Gasteiger partial charge in [-0.15, -0.1) is 11.3 Å². The van der Waals surface area contributed by atoms with Crippen LogP contribution in [-0.4, -0.2) is 30.5 Å². The number of carbonyl (C=O) groups is 1. The molecule has 30 heavy (non-hydrogen) atoms. The number of amides is 1. The molecule has 1 aliphatic rings. The zero-order valence-electron chi connectivity index (χ0n) is 16.3. The van der Waals surface area contributed by atoms with E-state index in [1.807, 2.05) is 18.2 Å². The molecule has 1 atom stereocenters. The predicted octanol–water partition coefficient (Wildman–Crippen LogP) is 4.61. The first-order valence-electron chi connectivity index (χ1n) is 9.76. The standard InChI is InChI=1S/C23H22F2N2O2S/c24-23(25)29-18-8-6-16(7-9-18)14-26-21(28)15-27-12-10-20-19(11-13-30-20)22(27)17-4-2-1-3-5-17/h1-9,11,13,22-23H,10,12,14-15H2,(H,26,28). The van der Waals surface area contributed by atoms with Crippen molar-refractivity contribution in [3.05, 3.63) is 87.6 Å². The summed E-state index contributed by atoms with van der Waals surface area (Å²) in [5, 5.41) is 5.05. The van der Waals surface area contributed by atoms with Crippen molar-refractivity contribution >= 4 is 17.2 Å². The van der Waals surface area contributed by atoms with E-state index in [2.05, 4.69) is 38.5 Å². The summed E-state index contributed by atoms with van der Waals surface area (Å²) in [5.74, 6) is 0.0354. The Morgan fingerprint density at radius 2 is 1.90 bits per heavy atom. The number of hydrogen-bond donors (Lipinski definition) is 1. The van der Waals surface area contributed by atoms with Crippen LogP contribution in [0.25, 0.3) is 0 Å². The van der Waals surface area contributed by atoms with E-state index in [1.165, 1.54) is 28.1 Å². The number of carbonyl (C=O) groups excluding carboxylic acids is 1. The van der Waals surface area contributed by atoms with Crippen LogP contribution in [-0.2, 0) is 17.8 Å². The van der Waals surface area contributed by atoms with Gasteiger partial charge in [0.05, 0.1) is 12.6 Å². The number of fused-ring (bicyclic) bond motifs is 1. The van der Waals surface area contributed by atoms with Crippen molar-refractivity contribution < 1.29 is 18.3 Å². The van der Waals surface area contributed by atoms with E-state index in [-0.39, 0.29) is 17.7 Å². The fourth-order valence-corrected chi connectivity index (χ4v) is 4.70. The Bertz CT molecular complexity index is 976. The SMILES string of the molecule is O=C(CN1CCc2sccc2C1c1ccccc1)NCc1ccc(OC(F)F)cc1. The fourth-order valence-electron chi connectivity index (χ4n) is 3.79. The Balaban J connectivity index is 1.40. The van der Waals surface area contributed by atoms with E-state index in [4.69, 9.17) is 0 Å². The highest BCUT2D eigenvalue weighted by Crippen LogP contribution is 2.37. The van der Waals surface area contributed by atoms with Crippen molar-refractivity contribution in [1.82, 2.24) is 10.2 Å². The van der Waals surface area contributed by atoms with Gasteiger partial charge in [0.1, 0.15) is 5.75 Å². The molecule has 7 heteroatoms. The van der Waals surface area contributed by atoms with Gasteiger partial charge in [0, 0.05) is 18.0 Å². The minimum atomic E-state index is -2.85. The van der Waals surface area contributed by atoms with Crippen LogP contribution in [0, 0.1) is 0 Å². The topological polar surface area (TPSA) is 41.6 Å². The molecule has 0 aliphatic carbocycles. The Kier molecular flexibility index (Phi) is 6.40. The second kappa shape index (κ2) is 9.36. The maximum Gasteiger partial charge on any atom is 0.387 e. The van der Waals surface area contributed by atoms with Crippen LogP contribution in [0.15, 0.2) is 66.0 Å². The van der Waals surface area contributed by atoms with Gasteiger partial charge in [0.25, 0.3) is 0 Å². The molecule has 156 valence electrons. The summed E-state index contributed by atoms with van der Waals surface area (Å²) in [5.41, 5.74) is 3.28. The first-order valence-corrected chi connectivity index (χ1v) is 10.6. The van der Waals surface area contributed by atoms with Crippen LogP contribution in [0.2, 0.25) is 0 Å². The number of thiophene rings is 1. The Labute approximate surface area is 178 Å². The number of halogens is 2. The van der Waals surface area contributed by atoms with Crippen LogP contribution < -0.4 is 10.1 Å². The molecule has 4 rings (SSSR count). The van der Waals surface area contributed by atoms with E-state index < -0.39 is 6.61 Å². The van der Waals surface area contributed by atoms with Crippen LogP contribution in [0.3, 0.4) is 0 Å². The van der Waals surface area contributed by atoms with E-state index in [0.717, 1.165) is 18.5 Å². The third-order valence-electron chi connectivity index (χ3n) is 5.17. The molecule has 1 amide bonds. The quantitative estimate of drug-likeness (QED) is 0.597. The Morgan fingerprint density at radius 1 is 1.13 bits per heavy atom. The van der Waals surface area contributed by atoms with Crippen molar-refractivity contribution in [2.75, 3.05) is 13.1 Å². The number of benzene rings is 2. The normalized spacial score (nSPS) is 16.3. The Morgan fingerprint density at radius 3 is 2.63 bits per heavy atom. The van der Waals surface area contributed by atoms with Gasteiger partial charge >= 0.3 is 6.61 Å². The van der Waals surface area contributed by atoms with Crippen LogP contribution >= 0.6 is 11.3 Å². The average molecular weight is 429 g/mol. The lowest BCUT2D eigenvalue weighted by Gasteiger charge is -2.35. The molecule has 0 spiro atoms. The molecule has 2 heterocycles. The highest BCUT2D eigenvalue weighted by atomic mass is 32.1. The van der Waals surface area contributed by atoms with Gasteiger partial charge in [-0.2, -0.15) is 8.78 Å². The molecule has 0 saturated heterocycles. The molecular weight excluding hydrogens is 406 g/mol. The molecule has 1 N–H and O–H groups in total. The van der Waals surface area contributed by atoms with Gasteiger partial charge in [-0.3, -0.25) is 9.69 Å². The second-order valence-corrected chi connectivity index (χ2v) is 8.13. The van der Waals surface area contributed by atoms with Gasteiger partial charge in [0.15, 0.2) is 0 Å². The second-order valence-electron chi connectivity index (χ2n) is 7.13. The molecule has 0 saturated carbocycles. The monoisotopic (exact) mass is 428 g/mol. The van der Waals surface area contributed by atoms with Crippen LogP contribution in [0.4, 0.5) is 8.78 Å². The maximum absolute atomic E-state index is 12.7. The minimum Gasteiger partial charge on any atom is -0.435 e. The molecule has 0 radical (unpaired) electrons. The fraction of sp³-hybridized carbons (Fsp3) is 0.261. The van der Waals surface area contributed by atoms with Crippen molar-refractivity contribution in [1.29, 1.82) is 0 Å². The number of nitrogens with one attached hydrogen (secondary N) is 1. The van der Waals surface area contributed by atoms with E-state index in [9.17, 15) is 13.6 Å². The molecule has 1 unspecified atom stereocenters. The maximum atomic E-state index is 12.7. The summed E-state index contributed by atoms with van der Waals surface area (Å²) in [6.07, 6.45) is 0.940. The molecule has 0 fully saturated rings. The highest BCUT2D eigenvalue weighted by Gasteiger charge is 2.30. The highest BCUT2D eigenvalue weighted by molar-refractivity contribution is 7.10. The smallest absolute Gasteiger partial charge is 0.387 e. The summed E-state index contributed by atoms with van der Waals surface area (Å²) in [6, 6.07) is 18.8. The van der Waals surface area contributed by atoms with Gasteiger partial charge < -0.3 is 10.1 Å². The lowest BCUT2D eigenvalue weighted by Crippen LogP contribution is -2.42. The number of ether oxygens (including phenoxy) is 1. The minimum absolute atomic E-state index is 0.0671. The molecular formula is C23H22F2N2O2S. The first kappa shape index (κ1) is 20.5. The zero-order chi connectivity index (χ0) is 20.9. The lowest BCUT2D eigenvalue weighted by atomic mass is 9.93. The van der Waals surface area contributed by atoms with Crippen molar-refractivity contribution in [2.45, 2.75) is 25.6 Å². The van der Waals surface area contributed by atoms with E-state index in [0.29, 0.717) is 13.1 Å². The Hall–Kier alpha value is -2.77. The summed E-state index contributed by atoms with van der Waals surface area (Å²) >= 11 is 1.77. The van der Waals surface area contributed by atoms with Crippen molar-refractivity contribution in [3.63, 3.8) is 0 Å². The summed E-state index contributed by atoms with van der Waals surface area (Å²) in [6.45, 7) is -1.40. The summed E-state index contributed by atoms with van der Waals surface area (Å²) in [4.78, 5) is 16.2. The van der Waals surface area contributed by atoms with Crippen LogP contribution in [0.5, 0.6) is 5.75 Å². The van der Waals surface area contributed by atoms with Crippen LogP contribution in [0.1, 0.15) is 27.6 Å². The number of nitrogens with zero attached hydrogens (tertiary/aromatic N) is 1. The van der Waals surface area contributed by atoms with E-state index in [1.54, 1.807) is 23.5 Å². The molecule has 3 aromatic rings. The molecule has 4 nitrogen and oxygen atoms in total. The molecule has 2 aromatic carbocycles. The lowest BCUT2D eigenvalue weighted by molar-refractivity contribution is -0.122. The predicted molar refractivity (Wildman–Crippen MR) is 113 cm³/mol. The summed E-state index contributed by atoms with van der Waals surface area (Å²) in [7, 11) is 0.